The van der Waals surface area contributed by atoms with E-state index >= 15 is 0 Å². The largest absolute Gasteiger partial charge is 0.508 e. The summed E-state index contributed by atoms with van der Waals surface area (Å²) in [4.78, 5) is -0.245. The molecule has 0 heterocycles. The van der Waals surface area contributed by atoms with Gasteiger partial charge in [0.15, 0.2) is 0 Å². The highest BCUT2D eigenvalue weighted by Gasteiger charge is 2.23. The predicted molar refractivity (Wildman–Crippen MR) is 123 cm³/mol. The zero-order valence-corrected chi connectivity index (χ0v) is 19.1. The van der Waals surface area contributed by atoms with Crippen molar-refractivity contribution in [3.8, 4) is 23.0 Å². The number of rotatable bonds is 4. The minimum atomic E-state index is -3.90. The molecule has 4 rings (SSSR count). The third kappa shape index (κ3) is 5.30. The summed E-state index contributed by atoms with van der Waals surface area (Å²) in [6.07, 6.45) is 0. The Hall–Kier alpha value is -4.02. The number of hydrogen-bond acceptors (Lipinski definition) is 8. The molecule has 4 N–H and O–H groups in total. The number of phenols is 4. The van der Waals surface area contributed by atoms with E-state index in [4.69, 9.17) is 10.2 Å². The first-order chi connectivity index (χ1) is 16.0. The quantitative estimate of drug-likeness (QED) is 0.330. The lowest BCUT2D eigenvalue weighted by Crippen LogP contribution is -2.02. The first kappa shape index (κ1) is 24.6. The van der Waals surface area contributed by atoms with Crippen molar-refractivity contribution in [2.75, 3.05) is 0 Å². The van der Waals surface area contributed by atoms with E-state index < -0.39 is 19.7 Å². The molecule has 0 saturated heterocycles. The Labute approximate surface area is 196 Å². The van der Waals surface area contributed by atoms with E-state index in [1.807, 2.05) is 0 Å². The smallest absolute Gasteiger partial charge is 0.213 e. The van der Waals surface area contributed by atoms with Gasteiger partial charge in [0.05, 0.1) is 9.79 Å². The van der Waals surface area contributed by atoms with E-state index in [0.717, 1.165) is 0 Å². The van der Waals surface area contributed by atoms with Crippen LogP contribution in [0, 0.1) is 0 Å². The molecule has 0 atom stereocenters. The predicted octanol–water partition coefficient (Wildman–Crippen LogP) is 3.86. The zero-order valence-electron chi connectivity index (χ0n) is 17.5. The maximum atomic E-state index is 12.2. The number of para-hydroxylation sites is 2. The SMILES string of the molecule is O=S(=O)(c1ccc(O)cc1)c1ccc(O)cc1.O=S(=O)(c1ccccc1O)c1ccccc1O. The minimum absolute atomic E-state index is 0.00894. The van der Waals surface area contributed by atoms with Gasteiger partial charge in [-0.1, -0.05) is 24.3 Å². The molecule has 0 spiro atoms. The van der Waals surface area contributed by atoms with Crippen molar-refractivity contribution in [3.05, 3.63) is 97.1 Å². The second-order valence-electron chi connectivity index (χ2n) is 6.93. The van der Waals surface area contributed by atoms with E-state index in [1.165, 1.54) is 97.1 Å². The molecule has 0 aliphatic carbocycles. The maximum Gasteiger partial charge on any atom is 0.213 e. The van der Waals surface area contributed by atoms with Gasteiger partial charge in [-0.15, -0.1) is 0 Å². The molecule has 4 aromatic carbocycles. The first-order valence-electron chi connectivity index (χ1n) is 9.68. The summed E-state index contributed by atoms with van der Waals surface area (Å²) in [6.45, 7) is 0. The Morgan fingerprint density at radius 3 is 1.06 bits per heavy atom. The van der Waals surface area contributed by atoms with E-state index in [-0.39, 0.29) is 42.6 Å². The normalized spacial score (nSPS) is 11.3. The van der Waals surface area contributed by atoms with Crippen LogP contribution >= 0.6 is 0 Å². The van der Waals surface area contributed by atoms with E-state index in [1.54, 1.807) is 0 Å². The maximum absolute atomic E-state index is 12.2. The van der Waals surface area contributed by atoms with Crippen LogP contribution in [0.4, 0.5) is 0 Å². The van der Waals surface area contributed by atoms with Crippen LogP contribution < -0.4 is 0 Å². The van der Waals surface area contributed by atoms with Crippen LogP contribution in [0.2, 0.25) is 0 Å². The standard InChI is InChI=1S/2C12H10O4S/c13-9-1-5-11(6-2-9)17(15,16)12-7-3-10(14)4-8-12;13-9-5-1-3-7-11(9)17(15,16)12-8-4-2-6-10(12)14/h2*1-8,13-14H. The van der Waals surface area contributed by atoms with Gasteiger partial charge >= 0.3 is 0 Å². The topological polar surface area (TPSA) is 149 Å². The van der Waals surface area contributed by atoms with E-state index in [0.29, 0.717) is 0 Å². The van der Waals surface area contributed by atoms with Crippen molar-refractivity contribution >= 4 is 19.7 Å². The van der Waals surface area contributed by atoms with E-state index in [9.17, 15) is 27.0 Å². The molecule has 34 heavy (non-hydrogen) atoms. The fourth-order valence-electron chi connectivity index (χ4n) is 2.87. The van der Waals surface area contributed by atoms with Gasteiger partial charge in [0.1, 0.15) is 32.8 Å². The summed E-state index contributed by atoms with van der Waals surface area (Å²) < 4.78 is 48.5. The number of hydrogen-bond donors (Lipinski definition) is 4. The average molecular weight is 501 g/mol. The second-order valence-corrected chi connectivity index (χ2v) is 10.8. The van der Waals surface area contributed by atoms with Crippen LogP contribution in [0.15, 0.2) is 117 Å². The molecule has 0 aliphatic heterocycles. The second kappa shape index (κ2) is 9.86. The van der Waals surface area contributed by atoms with Gasteiger partial charge in [-0.2, -0.15) is 0 Å². The van der Waals surface area contributed by atoms with Crippen LogP contribution in [0.3, 0.4) is 0 Å². The summed E-state index contributed by atoms with van der Waals surface area (Å²) in [5, 5.41) is 37.3. The molecular formula is C24H20O8S2. The van der Waals surface area contributed by atoms with Gasteiger partial charge in [-0.05, 0) is 72.8 Å². The molecule has 0 bridgehead atoms. The van der Waals surface area contributed by atoms with Gasteiger partial charge in [-0.25, -0.2) is 16.8 Å². The van der Waals surface area contributed by atoms with Crippen LogP contribution in [-0.4, -0.2) is 37.3 Å². The lowest BCUT2D eigenvalue weighted by molar-refractivity contribution is 0.453. The highest BCUT2D eigenvalue weighted by Crippen LogP contribution is 2.32. The Bertz CT molecular complexity index is 1390. The lowest BCUT2D eigenvalue weighted by atomic mass is 10.3. The fraction of sp³-hybridized carbons (Fsp3) is 0. The molecular weight excluding hydrogens is 480 g/mol. The Balaban J connectivity index is 0.000000191. The molecule has 176 valence electrons. The van der Waals surface area contributed by atoms with Crippen LogP contribution in [0.25, 0.3) is 0 Å². The molecule has 0 fully saturated rings. The van der Waals surface area contributed by atoms with Crippen LogP contribution in [-0.2, 0) is 19.7 Å². The van der Waals surface area contributed by atoms with Crippen molar-refractivity contribution in [3.63, 3.8) is 0 Å². The molecule has 4 aromatic rings. The molecule has 0 unspecified atom stereocenters. The molecule has 0 saturated carbocycles. The minimum Gasteiger partial charge on any atom is -0.508 e. The van der Waals surface area contributed by atoms with Crippen molar-refractivity contribution in [2.24, 2.45) is 0 Å². The molecule has 0 amide bonds. The number of sulfone groups is 2. The summed E-state index contributed by atoms with van der Waals surface area (Å²) in [5.41, 5.74) is 0. The van der Waals surface area contributed by atoms with Gasteiger partial charge in [0.25, 0.3) is 0 Å². The Morgan fingerprint density at radius 1 is 0.412 bits per heavy atom. The molecule has 0 aliphatic rings. The third-order valence-corrected chi connectivity index (χ3v) is 8.24. The number of benzene rings is 4. The molecule has 10 heteroatoms. The van der Waals surface area contributed by atoms with E-state index in [2.05, 4.69) is 0 Å². The number of phenolic OH excluding ortho intramolecular Hbond substituents is 4. The fourth-order valence-corrected chi connectivity index (χ4v) is 5.57. The van der Waals surface area contributed by atoms with Gasteiger partial charge in [-0.3, -0.25) is 0 Å². The van der Waals surface area contributed by atoms with Crippen molar-refractivity contribution in [2.45, 2.75) is 19.6 Å². The lowest BCUT2D eigenvalue weighted by Gasteiger charge is -2.07. The summed E-state index contributed by atoms with van der Waals surface area (Å²) >= 11 is 0. The van der Waals surface area contributed by atoms with Crippen molar-refractivity contribution in [1.82, 2.24) is 0 Å². The van der Waals surface area contributed by atoms with Crippen molar-refractivity contribution in [1.29, 1.82) is 0 Å². The van der Waals surface area contributed by atoms with Crippen LogP contribution in [0.1, 0.15) is 0 Å². The zero-order chi connectivity index (χ0) is 24.9. The third-order valence-electron chi connectivity index (χ3n) is 4.60. The summed E-state index contributed by atoms with van der Waals surface area (Å²) in [6, 6.07) is 21.8. The van der Waals surface area contributed by atoms with Crippen LogP contribution in [0.5, 0.6) is 23.0 Å². The Kier molecular flexibility index (Phi) is 7.14. The summed E-state index contributed by atoms with van der Waals surface area (Å²) in [5.74, 6) is -0.657. The molecule has 8 nitrogen and oxygen atoms in total. The average Bonchev–Trinajstić information content (AvgIpc) is 2.80. The molecule has 0 radical (unpaired) electrons. The Morgan fingerprint density at radius 2 is 0.735 bits per heavy atom. The summed E-state index contributed by atoms with van der Waals surface area (Å²) in [7, 11) is -7.50. The number of aromatic hydroxyl groups is 4. The highest BCUT2D eigenvalue weighted by atomic mass is 32.2. The van der Waals surface area contributed by atoms with Gasteiger partial charge < -0.3 is 20.4 Å². The monoisotopic (exact) mass is 500 g/mol. The van der Waals surface area contributed by atoms with Gasteiger partial charge in [0.2, 0.25) is 19.7 Å². The molecule has 0 aromatic heterocycles. The van der Waals surface area contributed by atoms with Gasteiger partial charge in [0, 0.05) is 0 Å². The highest BCUT2D eigenvalue weighted by molar-refractivity contribution is 7.92. The first-order valence-corrected chi connectivity index (χ1v) is 12.6. The van der Waals surface area contributed by atoms with Crippen molar-refractivity contribution < 1.29 is 37.3 Å².